The summed E-state index contributed by atoms with van der Waals surface area (Å²) >= 11 is 1.75. The average Bonchev–Trinajstić information content (AvgIpc) is 2.89. The van der Waals surface area contributed by atoms with Crippen molar-refractivity contribution < 1.29 is 9.47 Å². The molecule has 96 valence electrons. The molecule has 1 saturated heterocycles. The van der Waals surface area contributed by atoms with E-state index >= 15 is 0 Å². The van der Waals surface area contributed by atoms with Gasteiger partial charge in [-0.15, -0.1) is 11.3 Å². The van der Waals surface area contributed by atoms with Crippen molar-refractivity contribution in [3.05, 3.63) is 29.6 Å². The normalized spacial score (nSPS) is 20.1. The first-order chi connectivity index (χ1) is 8.93. The van der Waals surface area contributed by atoms with E-state index in [0.717, 1.165) is 31.9 Å². The van der Waals surface area contributed by atoms with E-state index in [0.29, 0.717) is 12.7 Å². The molecule has 1 atom stereocenters. The van der Waals surface area contributed by atoms with E-state index in [-0.39, 0.29) is 0 Å². The molecule has 1 aromatic carbocycles. The van der Waals surface area contributed by atoms with Crippen LogP contribution in [-0.4, -0.2) is 32.4 Å². The Bertz CT molecular complexity index is 505. The number of fused-ring (bicyclic) bond motifs is 1. The van der Waals surface area contributed by atoms with Gasteiger partial charge in [0.25, 0.3) is 0 Å². The molecule has 0 amide bonds. The lowest BCUT2D eigenvalue weighted by molar-refractivity contribution is 0.0160. The molecule has 0 saturated carbocycles. The average molecular weight is 263 g/mol. The Morgan fingerprint density at radius 2 is 2.39 bits per heavy atom. The van der Waals surface area contributed by atoms with Gasteiger partial charge in [0.2, 0.25) is 0 Å². The van der Waals surface area contributed by atoms with Crippen molar-refractivity contribution in [3.8, 4) is 5.75 Å². The molecule has 2 heterocycles. The highest BCUT2D eigenvalue weighted by Crippen LogP contribution is 2.29. The fraction of sp³-hybridized carbons (Fsp3) is 0.429. The smallest absolute Gasteiger partial charge is 0.127 e. The second-order valence-corrected chi connectivity index (χ2v) is 5.37. The van der Waals surface area contributed by atoms with E-state index < -0.39 is 0 Å². The Kier molecular flexibility index (Phi) is 3.78. The predicted molar refractivity (Wildman–Crippen MR) is 74.5 cm³/mol. The van der Waals surface area contributed by atoms with Crippen LogP contribution in [0.1, 0.15) is 6.42 Å². The molecule has 1 aliphatic heterocycles. The first-order valence-corrected chi connectivity index (χ1v) is 7.23. The highest BCUT2D eigenvalue weighted by Gasteiger charge is 2.13. The molecule has 2 aromatic rings. The quantitative estimate of drug-likeness (QED) is 0.920. The van der Waals surface area contributed by atoms with Crippen LogP contribution < -0.4 is 10.1 Å². The van der Waals surface area contributed by atoms with E-state index in [9.17, 15) is 0 Å². The molecule has 3 rings (SSSR count). The number of rotatable bonds is 4. The largest absolute Gasteiger partial charge is 0.493 e. The molecule has 1 aromatic heterocycles. The molecular weight excluding hydrogens is 246 g/mol. The fourth-order valence-corrected chi connectivity index (χ4v) is 3.00. The Labute approximate surface area is 111 Å². The molecule has 0 aliphatic carbocycles. The Morgan fingerprint density at radius 1 is 1.39 bits per heavy atom. The lowest BCUT2D eigenvalue weighted by Gasteiger charge is -2.23. The summed E-state index contributed by atoms with van der Waals surface area (Å²) in [5, 5.41) is 6.65. The van der Waals surface area contributed by atoms with Crippen LogP contribution in [0.2, 0.25) is 0 Å². The molecule has 1 fully saturated rings. The highest BCUT2D eigenvalue weighted by atomic mass is 32.1. The minimum absolute atomic E-state index is 0.292. The first kappa shape index (κ1) is 12.0. The van der Waals surface area contributed by atoms with Crippen LogP contribution in [0.5, 0.6) is 5.75 Å². The lowest BCUT2D eigenvalue weighted by atomic mass is 10.2. The van der Waals surface area contributed by atoms with Gasteiger partial charge in [0.1, 0.15) is 5.75 Å². The minimum atomic E-state index is 0.292. The van der Waals surface area contributed by atoms with Gasteiger partial charge in [-0.05, 0) is 23.6 Å². The topological polar surface area (TPSA) is 30.5 Å². The van der Waals surface area contributed by atoms with Gasteiger partial charge in [0, 0.05) is 29.6 Å². The highest BCUT2D eigenvalue weighted by molar-refractivity contribution is 7.17. The van der Waals surface area contributed by atoms with Crippen LogP contribution in [0.15, 0.2) is 29.6 Å². The molecule has 4 heteroatoms. The Balaban J connectivity index is 1.57. The van der Waals surface area contributed by atoms with Gasteiger partial charge in [0.05, 0.1) is 19.3 Å². The third-order valence-electron chi connectivity index (χ3n) is 3.16. The van der Waals surface area contributed by atoms with Crippen LogP contribution >= 0.6 is 11.3 Å². The maximum atomic E-state index is 5.88. The SMILES string of the molecule is c1cc(OCCC2CNCCO2)c2ccsc2c1. The summed E-state index contributed by atoms with van der Waals surface area (Å²) < 4.78 is 12.8. The Hall–Kier alpha value is -1.10. The maximum absolute atomic E-state index is 5.88. The zero-order valence-electron chi connectivity index (χ0n) is 10.2. The summed E-state index contributed by atoms with van der Waals surface area (Å²) in [7, 11) is 0. The van der Waals surface area contributed by atoms with E-state index in [1.807, 2.05) is 12.1 Å². The van der Waals surface area contributed by atoms with Crippen LogP contribution in [0.25, 0.3) is 10.1 Å². The molecule has 0 radical (unpaired) electrons. The molecular formula is C14H17NO2S. The van der Waals surface area contributed by atoms with Crippen LogP contribution in [-0.2, 0) is 4.74 Å². The first-order valence-electron chi connectivity index (χ1n) is 6.35. The van der Waals surface area contributed by atoms with Gasteiger partial charge in [-0.25, -0.2) is 0 Å². The molecule has 1 N–H and O–H groups in total. The summed E-state index contributed by atoms with van der Waals surface area (Å²) in [5.41, 5.74) is 0. The van der Waals surface area contributed by atoms with Crippen molar-refractivity contribution in [2.45, 2.75) is 12.5 Å². The molecule has 18 heavy (non-hydrogen) atoms. The zero-order valence-corrected chi connectivity index (χ0v) is 11.0. The van der Waals surface area contributed by atoms with Crippen molar-refractivity contribution in [3.63, 3.8) is 0 Å². The van der Waals surface area contributed by atoms with E-state index in [1.54, 1.807) is 11.3 Å². The maximum Gasteiger partial charge on any atom is 0.127 e. The van der Waals surface area contributed by atoms with E-state index in [1.165, 1.54) is 10.1 Å². The minimum Gasteiger partial charge on any atom is -0.493 e. The van der Waals surface area contributed by atoms with Crippen molar-refractivity contribution in [2.75, 3.05) is 26.3 Å². The lowest BCUT2D eigenvalue weighted by Crippen LogP contribution is -2.39. The summed E-state index contributed by atoms with van der Waals surface area (Å²) in [6.07, 6.45) is 1.23. The molecule has 3 nitrogen and oxygen atoms in total. The monoisotopic (exact) mass is 263 g/mol. The van der Waals surface area contributed by atoms with Gasteiger partial charge >= 0.3 is 0 Å². The number of nitrogens with one attached hydrogen (secondary N) is 1. The third-order valence-corrected chi connectivity index (χ3v) is 4.04. The fourth-order valence-electron chi connectivity index (χ4n) is 2.20. The van der Waals surface area contributed by atoms with Crippen molar-refractivity contribution in [2.24, 2.45) is 0 Å². The second kappa shape index (κ2) is 5.69. The van der Waals surface area contributed by atoms with Gasteiger partial charge in [-0.2, -0.15) is 0 Å². The van der Waals surface area contributed by atoms with Crippen LogP contribution in [0.4, 0.5) is 0 Å². The third kappa shape index (κ3) is 2.66. The second-order valence-electron chi connectivity index (χ2n) is 4.42. The number of hydrogen-bond donors (Lipinski definition) is 1. The number of thiophene rings is 1. The van der Waals surface area contributed by atoms with Crippen LogP contribution in [0, 0.1) is 0 Å². The van der Waals surface area contributed by atoms with E-state index in [4.69, 9.17) is 9.47 Å². The van der Waals surface area contributed by atoms with Gasteiger partial charge in [-0.1, -0.05) is 6.07 Å². The summed E-state index contributed by atoms with van der Waals surface area (Å²) in [6.45, 7) is 3.42. The summed E-state index contributed by atoms with van der Waals surface area (Å²) in [6, 6.07) is 8.33. The summed E-state index contributed by atoms with van der Waals surface area (Å²) in [4.78, 5) is 0. The predicted octanol–water partition coefficient (Wildman–Crippen LogP) is 2.66. The number of morpholine rings is 1. The standard InChI is InChI=1S/C14H17NO2S/c1-2-13(12-5-9-18-14(12)3-1)17-7-4-11-10-15-6-8-16-11/h1-3,5,9,11,15H,4,6-8,10H2. The van der Waals surface area contributed by atoms with Gasteiger partial charge in [0.15, 0.2) is 0 Å². The molecule has 0 spiro atoms. The van der Waals surface area contributed by atoms with Gasteiger partial charge < -0.3 is 14.8 Å². The van der Waals surface area contributed by atoms with Crippen molar-refractivity contribution >= 4 is 21.4 Å². The van der Waals surface area contributed by atoms with Crippen LogP contribution in [0.3, 0.4) is 0 Å². The molecule has 1 unspecified atom stereocenters. The van der Waals surface area contributed by atoms with Crippen molar-refractivity contribution in [1.29, 1.82) is 0 Å². The Morgan fingerprint density at radius 3 is 3.28 bits per heavy atom. The van der Waals surface area contributed by atoms with Gasteiger partial charge in [-0.3, -0.25) is 0 Å². The van der Waals surface area contributed by atoms with E-state index in [2.05, 4.69) is 22.8 Å². The van der Waals surface area contributed by atoms with Crippen molar-refractivity contribution in [1.82, 2.24) is 5.32 Å². The molecule has 1 aliphatic rings. The number of benzene rings is 1. The number of ether oxygens (including phenoxy) is 2. The summed E-state index contributed by atoms with van der Waals surface area (Å²) in [5.74, 6) is 0.984. The number of hydrogen-bond acceptors (Lipinski definition) is 4. The molecule has 0 bridgehead atoms. The zero-order chi connectivity index (χ0) is 12.2.